The second kappa shape index (κ2) is 5.94. The Kier molecular flexibility index (Phi) is 4.26. The Balaban J connectivity index is 2.40. The molecule has 0 heterocycles. The molecule has 6 heteroatoms. The van der Waals surface area contributed by atoms with Crippen molar-refractivity contribution in [1.82, 2.24) is 5.43 Å². The largest absolute Gasteiger partial charge is 0.573 e. The number of rotatable bonds is 4. The van der Waals surface area contributed by atoms with Gasteiger partial charge in [-0.3, -0.25) is 5.84 Å². The Morgan fingerprint density at radius 2 is 1.55 bits per heavy atom. The van der Waals surface area contributed by atoms with E-state index in [1.54, 1.807) is 36.4 Å². The summed E-state index contributed by atoms with van der Waals surface area (Å²) in [7, 11) is 0. The maximum absolute atomic E-state index is 12.4. The number of halogens is 3. The zero-order valence-electron chi connectivity index (χ0n) is 10.4. The van der Waals surface area contributed by atoms with Gasteiger partial charge in [0.2, 0.25) is 0 Å². The van der Waals surface area contributed by atoms with E-state index in [0.29, 0.717) is 5.56 Å². The fourth-order valence-corrected chi connectivity index (χ4v) is 1.95. The maximum Gasteiger partial charge on any atom is 0.573 e. The summed E-state index contributed by atoms with van der Waals surface area (Å²) in [6.07, 6.45) is -4.74. The van der Waals surface area contributed by atoms with Crippen molar-refractivity contribution in [2.75, 3.05) is 0 Å². The summed E-state index contributed by atoms with van der Waals surface area (Å²) in [5, 5.41) is 0. The van der Waals surface area contributed by atoms with Crippen molar-refractivity contribution in [3.05, 3.63) is 65.7 Å². The molecular formula is C14H13F3N2O. The molecule has 2 aromatic carbocycles. The van der Waals surface area contributed by atoms with E-state index < -0.39 is 12.4 Å². The van der Waals surface area contributed by atoms with Crippen molar-refractivity contribution in [2.24, 2.45) is 5.84 Å². The number of hydrogen-bond acceptors (Lipinski definition) is 3. The van der Waals surface area contributed by atoms with Crippen LogP contribution in [0, 0.1) is 0 Å². The molecule has 3 nitrogen and oxygen atoms in total. The minimum absolute atomic E-state index is 0.271. The van der Waals surface area contributed by atoms with Gasteiger partial charge in [-0.2, -0.15) is 0 Å². The molecular weight excluding hydrogens is 269 g/mol. The van der Waals surface area contributed by atoms with Crippen LogP contribution in [0.4, 0.5) is 13.2 Å². The maximum atomic E-state index is 12.4. The summed E-state index contributed by atoms with van der Waals surface area (Å²) in [4.78, 5) is 0. The molecule has 0 saturated carbocycles. The first-order chi connectivity index (χ1) is 9.51. The predicted octanol–water partition coefficient (Wildman–Crippen LogP) is 3.14. The van der Waals surface area contributed by atoms with E-state index >= 15 is 0 Å². The van der Waals surface area contributed by atoms with Crippen LogP contribution in [0.25, 0.3) is 0 Å². The van der Waals surface area contributed by atoms with Gasteiger partial charge in [0.25, 0.3) is 0 Å². The molecule has 1 atom stereocenters. The second-order valence-electron chi connectivity index (χ2n) is 4.10. The van der Waals surface area contributed by atoms with Crippen molar-refractivity contribution in [3.63, 3.8) is 0 Å². The van der Waals surface area contributed by atoms with Crippen LogP contribution in [0.3, 0.4) is 0 Å². The van der Waals surface area contributed by atoms with Crippen LogP contribution >= 0.6 is 0 Å². The molecule has 0 aliphatic rings. The van der Waals surface area contributed by atoms with Gasteiger partial charge in [0.1, 0.15) is 5.75 Å². The predicted molar refractivity (Wildman–Crippen MR) is 68.7 cm³/mol. The molecule has 0 fully saturated rings. The number of ether oxygens (including phenoxy) is 1. The normalized spacial score (nSPS) is 13.0. The molecule has 3 N–H and O–H groups in total. The average molecular weight is 282 g/mol. The molecule has 20 heavy (non-hydrogen) atoms. The summed E-state index contributed by atoms with van der Waals surface area (Å²) in [5.74, 6) is 5.21. The van der Waals surface area contributed by atoms with Crippen molar-refractivity contribution >= 4 is 0 Å². The first kappa shape index (κ1) is 14.4. The zero-order valence-corrected chi connectivity index (χ0v) is 10.4. The van der Waals surface area contributed by atoms with Crippen molar-refractivity contribution in [2.45, 2.75) is 12.4 Å². The third kappa shape index (κ3) is 3.49. The Labute approximate surface area is 114 Å². The van der Waals surface area contributed by atoms with Crippen LogP contribution in [0.15, 0.2) is 54.6 Å². The quantitative estimate of drug-likeness (QED) is 0.669. The van der Waals surface area contributed by atoms with E-state index in [2.05, 4.69) is 10.2 Å². The number of nitrogens with two attached hydrogens (primary N) is 1. The first-order valence-corrected chi connectivity index (χ1v) is 5.87. The third-order valence-electron chi connectivity index (χ3n) is 2.76. The van der Waals surface area contributed by atoms with E-state index in [-0.39, 0.29) is 5.75 Å². The molecule has 2 rings (SSSR count). The van der Waals surface area contributed by atoms with Gasteiger partial charge in [-0.1, -0.05) is 48.5 Å². The minimum atomic E-state index is -4.74. The molecule has 0 bridgehead atoms. The topological polar surface area (TPSA) is 47.3 Å². The molecule has 2 aromatic rings. The summed E-state index contributed by atoms with van der Waals surface area (Å²) in [6.45, 7) is 0. The lowest BCUT2D eigenvalue weighted by Gasteiger charge is -2.20. The number of alkyl halides is 3. The fourth-order valence-electron chi connectivity index (χ4n) is 1.95. The van der Waals surface area contributed by atoms with Crippen LogP contribution in [0.5, 0.6) is 5.75 Å². The van der Waals surface area contributed by atoms with Crippen LogP contribution in [-0.2, 0) is 0 Å². The highest BCUT2D eigenvalue weighted by atomic mass is 19.4. The summed E-state index contributed by atoms with van der Waals surface area (Å²) < 4.78 is 41.3. The molecule has 0 spiro atoms. The van der Waals surface area contributed by atoms with Crippen molar-refractivity contribution in [3.8, 4) is 5.75 Å². The highest BCUT2D eigenvalue weighted by Crippen LogP contribution is 2.32. The molecule has 0 aliphatic carbocycles. The molecule has 0 aromatic heterocycles. The Morgan fingerprint density at radius 1 is 0.950 bits per heavy atom. The lowest BCUT2D eigenvalue weighted by molar-refractivity contribution is -0.275. The minimum Gasteiger partial charge on any atom is -0.405 e. The van der Waals surface area contributed by atoms with Gasteiger partial charge in [-0.05, 0) is 11.6 Å². The van der Waals surface area contributed by atoms with E-state index in [9.17, 15) is 13.2 Å². The number of hydrogen-bond donors (Lipinski definition) is 2. The Morgan fingerprint density at radius 3 is 2.15 bits per heavy atom. The van der Waals surface area contributed by atoms with Gasteiger partial charge in [-0.25, -0.2) is 5.43 Å². The van der Waals surface area contributed by atoms with Gasteiger partial charge < -0.3 is 4.74 Å². The zero-order chi connectivity index (χ0) is 14.6. The van der Waals surface area contributed by atoms with Gasteiger partial charge in [-0.15, -0.1) is 13.2 Å². The Hall–Kier alpha value is -2.05. The van der Waals surface area contributed by atoms with E-state index in [1.165, 1.54) is 12.1 Å². The van der Waals surface area contributed by atoms with Crippen molar-refractivity contribution < 1.29 is 17.9 Å². The number of hydrazine groups is 1. The van der Waals surface area contributed by atoms with Crippen LogP contribution in [-0.4, -0.2) is 6.36 Å². The summed E-state index contributed by atoms with van der Waals surface area (Å²) in [6, 6.07) is 14.2. The SMILES string of the molecule is NNC(c1ccccc1)c1ccccc1OC(F)(F)F. The lowest BCUT2D eigenvalue weighted by Crippen LogP contribution is -2.30. The van der Waals surface area contributed by atoms with Gasteiger partial charge in [0, 0.05) is 5.56 Å². The monoisotopic (exact) mass is 282 g/mol. The Bertz CT molecular complexity index is 558. The van der Waals surface area contributed by atoms with Crippen molar-refractivity contribution in [1.29, 1.82) is 0 Å². The highest BCUT2D eigenvalue weighted by molar-refractivity contribution is 5.41. The number of nitrogens with one attached hydrogen (secondary N) is 1. The molecule has 0 amide bonds. The van der Waals surface area contributed by atoms with Crippen LogP contribution in [0.1, 0.15) is 17.2 Å². The fraction of sp³-hybridized carbons (Fsp3) is 0.143. The van der Waals surface area contributed by atoms with Gasteiger partial charge in [0.05, 0.1) is 6.04 Å². The smallest absolute Gasteiger partial charge is 0.405 e. The molecule has 106 valence electrons. The van der Waals surface area contributed by atoms with E-state index in [4.69, 9.17) is 5.84 Å². The molecule has 0 aliphatic heterocycles. The molecule has 0 radical (unpaired) electrons. The van der Waals surface area contributed by atoms with Gasteiger partial charge >= 0.3 is 6.36 Å². The second-order valence-corrected chi connectivity index (χ2v) is 4.10. The third-order valence-corrected chi connectivity index (χ3v) is 2.76. The standard InChI is InChI=1S/C14H13F3N2O/c15-14(16,17)20-12-9-5-4-8-11(12)13(19-18)10-6-2-1-3-7-10/h1-9,13,19H,18H2. The summed E-state index contributed by atoms with van der Waals surface area (Å²) >= 11 is 0. The number of benzene rings is 2. The average Bonchev–Trinajstić information content (AvgIpc) is 2.41. The molecule has 0 saturated heterocycles. The van der Waals surface area contributed by atoms with Crippen LogP contribution < -0.4 is 16.0 Å². The summed E-state index contributed by atoms with van der Waals surface area (Å²) in [5.41, 5.74) is 3.58. The van der Waals surface area contributed by atoms with Gasteiger partial charge in [0.15, 0.2) is 0 Å². The number of para-hydroxylation sites is 1. The lowest BCUT2D eigenvalue weighted by atomic mass is 9.98. The van der Waals surface area contributed by atoms with E-state index in [0.717, 1.165) is 5.56 Å². The molecule has 1 unspecified atom stereocenters. The van der Waals surface area contributed by atoms with E-state index in [1.807, 2.05) is 6.07 Å². The highest BCUT2D eigenvalue weighted by Gasteiger charge is 2.33. The first-order valence-electron chi connectivity index (χ1n) is 5.87. The van der Waals surface area contributed by atoms with Crippen LogP contribution in [0.2, 0.25) is 0 Å².